The number of nitrogens with one attached hydrogen (secondary N) is 2. The zero-order chi connectivity index (χ0) is 23.5. The molecule has 0 bridgehead atoms. The zero-order valence-electron chi connectivity index (χ0n) is 19.8. The lowest BCUT2D eigenvalue weighted by Gasteiger charge is -2.40. The van der Waals surface area contributed by atoms with E-state index >= 15 is 0 Å². The summed E-state index contributed by atoms with van der Waals surface area (Å²) in [5.41, 5.74) is 5.44. The largest absolute Gasteiger partial charge is 0.496 e. The molecule has 1 fully saturated rings. The van der Waals surface area contributed by atoms with E-state index in [9.17, 15) is 9.90 Å². The van der Waals surface area contributed by atoms with Crippen LogP contribution < -0.4 is 10.1 Å². The van der Waals surface area contributed by atoms with Gasteiger partial charge >= 0.3 is 5.97 Å². The summed E-state index contributed by atoms with van der Waals surface area (Å²) in [5, 5.41) is 13.8. The van der Waals surface area contributed by atoms with Crippen LogP contribution in [0.1, 0.15) is 52.9 Å². The minimum Gasteiger partial charge on any atom is -0.496 e. The number of methoxy groups -OCH3 is 1. The number of carbonyl (C=O) groups is 1. The van der Waals surface area contributed by atoms with Crippen LogP contribution in [0.5, 0.6) is 5.75 Å². The second-order valence-electron chi connectivity index (χ2n) is 8.59. The van der Waals surface area contributed by atoms with E-state index < -0.39 is 5.97 Å². The Morgan fingerprint density at radius 2 is 2.12 bits per heavy atom. The molecule has 0 aliphatic carbocycles. The van der Waals surface area contributed by atoms with Gasteiger partial charge in [-0.15, -0.1) is 0 Å². The van der Waals surface area contributed by atoms with Gasteiger partial charge in [-0.3, -0.25) is 4.90 Å². The maximum absolute atomic E-state index is 11.6. The van der Waals surface area contributed by atoms with Crippen LogP contribution in [0.2, 0.25) is 0 Å². The molecule has 1 aromatic heterocycles. The van der Waals surface area contributed by atoms with E-state index in [4.69, 9.17) is 9.47 Å². The van der Waals surface area contributed by atoms with Crippen molar-refractivity contribution in [2.24, 2.45) is 0 Å². The standard InChI is InChI=1S/C26H33N3O4/c1-5-33-18-9-11-29(15-21-19-8-10-28-25(19)16(2)12-24(21)32-4)23(14-18)17-6-7-20(26(30)31)22(13-17)27-3/h6-8,10,12-13,18,23,27-28H,5,9,11,14-15H2,1-4H3,(H,30,31)/t18?,23-/m0/s1. The van der Waals surface area contributed by atoms with Crippen LogP contribution in [0.25, 0.3) is 10.9 Å². The molecule has 3 N–H and O–H groups in total. The number of H-pyrrole nitrogens is 1. The van der Waals surface area contributed by atoms with Gasteiger partial charge in [-0.25, -0.2) is 4.79 Å². The molecular weight excluding hydrogens is 418 g/mol. The Labute approximate surface area is 194 Å². The lowest BCUT2D eigenvalue weighted by atomic mass is 9.91. The van der Waals surface area contributed by atoms with Crippen molar-refractivity contribution in [3.63, 3.8) is 0 Å². The molecule has 176 valence electrons. The van der Waals surface area contributed by atoms with Crippen LogP contribution in [0.15, 0.2) is 36.5 Å². The molecule has 1 unspecified atom stereocenters. The van der Waals surface area contributed by atoms with Gasteiger partial charge in [0.15, 0.2) is 0 Å². The van der Waals surface area contributed by atoms with Crippen molar-refractivity contribution in [1.82, 2.24) is 9.88 Å². The molecule has 1 aliphatic rings. The van der Waals surface area contributed by atoms with Crippen LogP contribution in [0.4, 0.5) is 5.69 Å². The zero-order valence-corrected chi connectivity index (χ0v) is 19.8. The summed E-state index contributed by atoms with van der Waals surface area (Å²) in [6.45, 7) is 6.42. The highest BCUT2D eigenvalue weighted by Crippen LogP contribution is 2.38. The third-order valence-corrected chi connectivity index (χ3v) is 6.69. The highest BCUT2D eigenvalue weighted by atomic mass is 16.5. The fourth-order valence-corrected chi connectivity index (χ4v) is 5.05. The third-order valence-electron chi connectivity index (χ3n) is 6.69. The molecular formula is C26H33N3O4. The number of aromatic nitrogens is 1. The number of likely N-dealkylation sites (tertiary alicyclic amines) is 1. The summed E-state index contributed by atoms with van der Waals surface area (Å²) in [6, 6.07) is 9.91. The predicted octanol–water partition coefficient (Wildman–Crippen LogP) is 4.97. The highest BCUT2D eigenvalue weighted by molar-refractivity contribution is 5.94. The van der Waals surface area contributed by atoms with Crippen molar-refractivity contribution in [2.45, 2.75) is 45.4 Å². The SMILES string of the molecule is CCOC1CCN(Cc2c(OC)cc(C)c3[nH]ccc23)[C@H](c2ccc(C(=O)O)c(NC)c2)C1. The molecule has 3 aromatic rings. The first-order chi connectivity index (χ1) is 16.0. The first-order valence-corrected chi connectivity index (χ1v) is 11.5. The van der Waals surface area contributed by atoms with Crippen LogP contribution in [-0.2, 0) is 11.3 Å². The molecule has 7 nitrogen and oxygen atoms in total. The lowest BCUT2D eigenvalue weighted by molar-refractivity contribution is -0.0138. The van der Waals surface area contributed by atoms with E-state index in [0.29, 0.717) is 12.3 Å². The Balaban J connectivity index is 1.73. The number of ether oxygens (including phenoxy) is 2. The second kappa shape index (κ2) is 9.85. The van der Waals surface area contributed by atoms with E-state index in [2.05, 4.69) is 34.3 Å². The molecule has 1 saturated heterocycles. The number of piperidine rings is 1. The van der Waals surface area contributed by atoms with Gasteiger partial charge in [-0.2, -0.15) is 0 Å². The Hall–Kier alpha value is -3.03. The van der Waals surface area contributed by atoms with Gasteiger partial charge in [0.25, 0.3) is 0 Å². The summed E-state index contributed by atoms with van der Waals surface area (Å²) in [6.07, 6.45) is 3.97. The summed E-state index contributed by atoms with van der Waals surface area (Å²) >= 11 is 0. The number of rotatable bonds is 8. The molecule has 7 heteroatoms. The molecule has 0 saturated carbocycles. The minimum atomic E-state index is -0.933. The molecule has 1 aliphatic heterocycles. The average Bonchev–Trinajstić information content (AvgIpc) is 3.32. The number of carboxylic acids is 1. The molecule has 33 heavy (non-hydrogen) atoms. The van der Waals surface area contributed by atoms with E-state index in [1.165, 1.54) is 5.39 Å². The molecule has 2 aromatic carbocycles. The average molecular weight is 452 g/mol. The van der Waals surface area contributed by atoms with Gasteiger partial charge in [0.2, 0.25) is 0 Å². The highest BCUT2D eigenvalue weighted by Gasteiger charge is 2.32. The number of anilines is 1. The van der Waals surface area contributed by atoms with Gasteiger partial charge in [0, 0.05) is 61.1 Å². The summed E-state index contributed by atoms with van der Waals surface area (Å²) in [7, 11) is 3.48. The normalized spacial score (nSPS) is 19.0. The van der Waals surface area contributed by atoms with Crippen molar-refractivity contribution in [3.8, 4) is 5.75 Å². The minimum absolute atomic E-state index is 0.102. The Kier molecular flexibility index (Phi) is 6.91. The van der Waals surface area contributed by atoms with Crippen molar-refractivity contribution < 1.29 is 19.4 Å². The van der Waals surface area contributed by atoms with E-state index in [1.807, 2.05) is 25.3 Å². The van der Waals surface area contributed by atoms with Crippen molar-refractivity contribution in [2.75, 3.05) is 32.6 Å². The number of aryl methyl sites for hydroxylation is 1. The lowest BCUT2D eigenvalue weighted by Crippen LogP contribution is -2.39. The Morgan fingerprint density at radius 3 is 2.82 bits per heavy atom. The number of nitrogens with zero attached hydrogens (tertiary/aromatic N) is 1. The molecule has 0 spiro atoms. The van der Waals surface area contributed by atoms with E-state index in [0.717, 1.165) is 53.9 Å². The van der Waals surface area contributed by atoms with Crippen LogP contribution in [0.3, 0.4) is 0 Å². The molecule has 4 rings (SSSR count). The maximum atomic E-state index is 11.6. The fourth-order valence-electron chi connectivity index (χ4n) is 5.05. The number of aromatic amines is 1. The molecule has 2 atom stereocenters. The van der Waals surface area contributed by atoms with Crippen LogP contribution >= 0.6 is 0 Å². The summed E-state index contributed by atoms with van der Waals surface area (Å²) < 4.78 is 11.8. The smallest absolute Gasteiger partial charge is 0.337 e. The quantitative estimate of drug-likeness (QED) is 0.448. The first kappa shape index (κ1) is 23.1. The van der Waals surface area contributed by atoms with Gasteiger partial charge in [0.1, 0.15) is 5.75 Å². The molecule has 0 amide bonds. The second-order valence-corrected chi connectivity index (χ2v) is 8.59. The molecule has 0 radical (unpaired) electrons. The maximum Gasteiger partial charge on any atom is 0.337 e. The number of benzene rings is 2. The Morgan fingerprint density at radius 1 is 1.30 bits per heavy atom. The van der Waals surface area contributed by atoms with Gasteiger partial charge < -0.3 is 24.9 Å². The number of hydrogen-bond acceptors (Lipinski definition) is 5. The fraction of sp³-hybridized carbons (Fsp3) is 0.423. The number of hydrogen-bond donors (Lipinski definition) is 3. The number of fused-ring (bicyclic) bond motifs is 1. The van der Waals surface area contributed by atoms with Crippen LogP contribution in [0, 0.1) is 6.92 Å². The topological polar surface area (TPSA) is 86.8 Å². The van der Waals surface area contributed by atoms with Gasteiger partial charge in [-0.05, 0) is 62.1 Å². The van der Waals surface area contributed by atoms with Gasteiger partial charge in [-0.1, -0.05) is 6.07 Å². The Bertz CT molecular complexity index is 1140. The number of aromatic carboxylic acids is 1. The monoisotopic (exact) mass is 451 g/mol. The van der Waals surface area contributed by atoms with Crippen molar-refractivity contribution in [1.29, 1.82) is 0 Å². The van der Waals surface area contributed by atoms with Crippen LogP contribution in [-0.4, -0.2) is 54.4 Å². The van der Waals surface area contributed by atoms with E-state index in [-0.39, 0.29) is 17.7 Å². The summed E-state index contributed by atoms with van der Waals surface area (Å²) in [5.74, 6) is -0.0414. The van der Waals surface area contributed by atoms with Gasteiger partial charge in [0.05, 0.1) is 18.8 Å². The predicted molar refractivity (Wildman–Crippen MR) is 130 cm³/mol. The van der Waals surface area contributed by atoms with Crippen molar-refractivity contribution in [3.05, 3.63) is 58.8 Å². The number of carboxylic acid groups (broad SMARTS) is 1. The third kappa shape index (κ3) is 4.56. The first-order valence-electron chi connectivity index (χ1n) is 11.5. The molecule has 2 heterocycles. The summed E-state index contributed by atoms with van der Waals surface area (Å²) in [4.78, 5) is 17.4. The van der Waals surface area contributed by atoms with Crippen molar-refractivity contribution >= 4 is 22.6 Å². The van der Waals surface area contributed by atoms with E-state index in [1.54, 1.807) is 20.2 Å².